The fourth-order valence-electron chi connectivity index (χ4n) is 2.14. The van der Waals surface area contributed by atoms with Crippen LogP contribution in [0.1, 0.15) is 32.6 Å². The summed E-state index contributed by atoms with van der Waals surface area (Å²) in [5.74, 6) is 0.492. The second-order valence-electron chi connectivity index (χ2n) is 4.09. The summed E-state index contributed by atoms with van der Waals surface area (Å²) in [5.41, 5.74) is 0. The first-order valence-electron chi connectivity index (χ1n) is 5.53. The quantitative estimate of drug-likeness (QED) is 0.739. The van der Waals surface area contributed by atoms with Crippen molar-refractivity contribution >= 4 is 0 Å². The summed E-state index contributed by atoms with van der Waals surface area (Å²) in [6, 6.07) is 2.68. The molecule has 3 heteroatoms. The van der Waals surface area contributed by atoms with Crippen molar-refractivity contribution in [2.24, 2.45) is 5.92 Å². The van der Waals surface area contributed by atoms with Crippen LogP contribution in [-0.2, 0) is 0 Å². The molecule has 14 heavy (non-hydrogen) atoms. The molecule has 1 heterocycles. The first kappa shape index (κ1) is 11.5. The Morgan fingerprint density at radius 1 is 1.50 bits per heavy atom. The Kier molecular flexibility index (Phi) is 4.92. The maximum Gasteiger partial charge on any atom is 0.0638 e. The number of aliphatic hydroxyl groups is 1. The molecule has 1 N–H and O–H groups in total. The molecule has 3 nitrogen and oxygen atoms in total. The lowest BCUT2D eigenvalue weighted by atomic mass is 9.95. The average molecular weight is 196 g/mol. The lowest BCUT2D eigenvalue weighted by Crippen LogP contribution is -2.41. The van der Waals surface area contributed by atoms with Crippen molar-refractivity contribution < 1.29 is 5.11 Å². The Morgan fingerprint density at radius 3 is 2.57 bits per heavy atom. The van der Waals surface area contributed by atoms with E-state index in [2.05, 4.69) is 17.9 Å². The maximum absolute atomic E-state index is 9.01. The smallest absolute Gasteiger partial charge is 0.0638 e. The topological polar surface area (TPSA) is 47.3 Å². The molecule has 1 rings (SSSR count). The van der Waals surface area contributed by atoms with Gasteiger partial charge < -0.3 is 5.11 Å². The third-order valence-electron chi connectivity index (χ3n) is 3.22. The van der Waals surface area contributed by atoms with Gasteiger partial charge in [-0.3, -0.25) is 4.90 Å². The van der Waals surface area contributed by atoms with Crippen LogP contribution in [0.2, 0.25) is 0 Å². The molecule has 80 valence electrons. The van der Waals surface area contributed by atoms with Crippen molar-refractivity contribution in [2.75, 3.05) is 19.7 Å². The Bertz CT molecular complexity index is 192. The van der Waals surface area contributed by atoms with Crippen LogP contribution in [0.15, 0.2) is 0 Å². The summed E-state index contributed by atoms with van der Waals surface area (Å²) in [6.45, 7) is 4.56. The van der Waals surface area contributed by atoms with E-state index in [1.165, 1.54) is 0 Å². The van der Waals surface area contributed by atoms with Gasteiger partial charge in [0, 0.05) is 12.6 Å². The van der Waals surface area contributed by atoms with Crippen LogP contribution in [0.25, 0.3) is 0 Å². The van der Waals surface area contributed by atoms with Crippen molar-refractivity contribution in [3.63, 3.8) is 0 Å². The zero-order valence-electron chi connectivity index (χ0n) is 8.95. The number of likely N-dealkylation sites (tertiary alicyclic amines) is 1. The van der Waals surface area contributed by atoms with Gasteiger partial charge in [0.1, 0.15) is 0 Å². The molecule has 0 aromatic carbocycles. The first-order valence-corrected chi connectivity index (χ1v) is 5.53. The van der Waals surface area contributed by atoms with Crippen molar-refractivity contribution in [2.45, 2.75) is 38.6 Å². The number of piperidine rings is 1. The number of nitriles is 1. The molecule has 1 atom stereocenters. The van der Waals surface area contributed by atoms with Gasteiger partial charge in [0.05, 0.1) is 12.5 Å². The number of hydrogen-bond donors (Lipinski definition) is 1. The van der Waals surface area contributed by atoms with Gasteiger partial charge in [-0.2, -0.15) is 5.26 Å². The Morgan fingerprint density at radius 2 is 2.14 bits per heavy atom. The highest BCUT2D eigenvalue weighted by Gasteiger charge is 2.23. The lowest BCUT2D eigenvalue weighted by molar-refractivity contribution is 0.0995. The molecule has 1 unspecified atom stereocenters. The Balaban J connectivity index is 2.36. The van der Waals surface area contributed by atoms with E-state index in [1.54, 1.807) is 0 Å². The fraction of sp³-hybridized carbons (Fsp3) is 0.909. The molecular weight excluding hydrogens is 176 g/mol. The summed E-state index contributed by atoms with van der Waals surface area (Å²) in [6.07, 6.45) is 3.86. The lowest BCUT2D eigenvalue weighted by Gasteiger charge is -2.35. The molecule has 0 amide bonds. The van der Waals surface area contributed by atoms with Crippen LogP contribution in [0.3, 0.4) is 0 Å². The molecule has 1 aliphatic heterocycles. The molecule has 0 saturated carbocycles. The van der Waals surface area contributed by atoms with Crippen molar-refractivity contribution in [3.05, 3.63) is 0 Å². The molecule has 0 aliphatic carbocycles. The van der Waals surface area contributed by atoms with Gasteiger partial charge in [0.2, 0.25) is 0 Å². The highest BCUT2D eigenvalue weighted by atomic mass is 16.3. The minimum atomic E-state index is 0.322. The zero-order chi connectivity index (χ0) is 10.4. The highest BCUT2D eigenvalue weighted by molar-refractivity contribution is 4.84. The van der Waals surface area contributed by atoms with Crippen LogP contribution in [0.5, 0.6) is 0 Å². The van der Waals surface area contributed by atoms with E-state index in [0.717, 1.165) is 32.4 Å². The average Bonchev–Trinajstić information content (AvgIpc) is 2.26. The fourth-order valence-corrected chi connectivity index (χ4v) is 2.14. The molecule has 0 spiro atoms. The van der Waals surface area contributed by atoms with Gasteiger partial charge in [-0.1, -0.05) is 6.92 Å². The van der Waals surface area contributed by atoms with Crippen LogP contribution in [0, 0.1) is 17.2 Å². The molecule has 1 aliphatic rings. The van der Waals surface area contributed by atoms with Crippen LogP contribution >= 0.6 is 0 Å². The van der Waals surface area contributed by atoms with Crippen molar-refractivity contribution in [1.29, 1.82) is 5.26 Å². The molecule has 0 bridgehead atoms. The number of nitrogens with zero attached hydrogens (tertiary/aromatic N) is 2. The van der Waals surface area contributed by atoms with Gasteiger partial charge >= 0.3 is 0 Å². The van der Waals surface area contributed by atoms with E-state index in [0.29, 0.717) is 25.0 Å². The number of rotatable bonds is 4. The number of hydrogen-bond acceptors (Lipinski definition) is 3. The summed E-state index contributed by atoms with van der Waals surface area (Å²) >= 11 is 0. The van der Waals surface area contributed by atoms with E-state index in [4.69, 9.17) is 10.4 Å². The van der Waals surface area contributed by atoms with Gasteiger partial charge in [-0.15, -0.1) is 0 Å². The largest absolute Gasteiger partial charge is 0.396 e. The van der Waals surface area contributed by atoms with E-state index in [1.807, 2.05) is 0 Å². The predicted octanol–water partition coefficient (Wildman–Crippen LogP) is 1.38. The van der Waals surface area contributed by atoms with E-state index in [9.17, 15) is 0 Å². The third kappa shape index (κ3) is 2.97. The second kappa shape index (κ2) is 6.00. The summed E-state index contributed by atoms with van der Waals surface area (Å²) in [7, 11) is 0. The minimum absolute atomic E-state index is 0.322. The monoisotopic (exact) mass is 196 g/mol. The SMILES string of the molecule is CCC(CC#N)N1CCC(CO)CC1. The first-order chi connectivity index (χ1) is 6.81. The molecule has 0 radical (unpaired) electrons. The normalized spacial score (nSPS) is 21.8. The van der Waals surface area contributed by atoms with Crippen LogP contribution in [-0.4, -0.2) is 35.7 Å². The van der Waals surface area contributed by atoms with Gasteiger partial charge in [-0.25, -0.2) is 0 Å². The Labute approximate surface area is 86.3 Å². The van der Waals surface area contributed by atoms with Crippen LogP contribution < -0.4 is 0 Å². The number of aliphatic hydroxyl groups excluding tert-OH is 1. The van der Waals surface area contributed by atoms with Gasteiger partial charge in [-0.05, 0) is 38.3 Å². The Hall–Kier alpha value is -0.590. The third-order valence-corrected chi connectivity index (χ3v) is 3.22. The van der Waals surface area contributed by atoms with Crippen LogP contribution in [0.4, 0.5) is 0 Å². The molecule has 0 aromatic rings. The van der Waals surface area contributed by atoms with Crippen molar-refractivity contribution in [3.8, 4) is 6.07 Å². The van der Waals surface area contributed by atoms with Gasteiger partial charge in [0.25, 0.3) is 0 Å². The molecule has 1 fully saturated rings. The highest BCUT2D eigenvalue weighted by Crippen LogP contribution is 2.20. The maximum atomic E-state index is 9.01. The molecule has 1 saturated heterocycles. The van der Waals surface area contributed by atoms with Gasteiger partial charge in [0.15, 0.2) is 0 Å². The zero-order valence-corrected chi connectivity index (χ0v) is 8.95. The predicted molar refractivity (Wildman–Crippen MR) is 55.7 cm³/mol. The summed E-state index contributed by atoms with van der Waals surface area (Å²) in [4.78, 5) is 2.40. The van der Waals surface area contributed by atoms with Crippen molar-refractivity contribution in [1.82, 2.24) is 4.90 Å². The second-order valence-corrected chi connectivity index (χ2v) is 4.09. The minimum Gasteiger partial charge on any atom is -0.396 e. The standard InChI is InChI=1S/C11H20N2O/c1-2-11(3-6-12)13-7-4-10(9-14)5-8-13/h10-11,14H,2-5,7-9H2,1H3. The molecular formula is C11H20N2O. The van der Waals surface area contributed by atoms with E-state index >= 15 is 0 Å². The summed E-state index contributed by atoms with van der Waals surface area (Å²) < 4.78 is 0. The van der Waals surface area contributed by atoms with E-state index in [-0.39, 0.29) is 0 Å². The molecule has 0 aromatic heterocycles. The summed E-state index contributed by atoms with van der Waals surface area (Å²) in [5, 5.41) is 17.7. The van der Waals surface area contributed by atoms with E-state index < -0.39 is 0 Å².